The van der Waals surface area contributed by atoms with Crippen LogP contribution in [0.3, 0.4) is 0 Å². The molecule has 0 spiro atoms. The summed E-state index contributed by atoms with van der Waals surface area (Å²) < 4.78 is 2.35. The first-order valence-corrected chi connectivity index (χ1v) is 7.95. The molecule has 0 saturated carbocycles. The molecule has 0 aliphatic heterocycles. The summed E-state index contributed by atoms with van der Waals surface area (Å²) in [4.78, 5) is 1.38. The van der Waals surface area contributed by atoms with Gasteiger partial charge in [0.15, 0.2) is 0 Å². The van der Waals surface area contributed by atoms with Crippen LogP contribution < -0.4 is 5.32 Å². The van der Waals surface area contributed by atoms with Gasteiger partial charge in [0.25, 0.3) is 0 Å². The fourth-order valence-corrected chi connectivity index (χ4v) is 4.07. The minimum absolute atomic E-state index is 0.830. The molecule has 1 atom stereocenters. The molecule has 1 aliphatic rings. The predicted molar refractivity (Wildman–Crippen MR) is 77.9 cm³/mol. The summed E-state index contributed by atoms with van der Waals surface area (Å²) in [5.41, 5.74) is 0. The van der Waals surface area contributed by atoms with Crippen molar-refractivity contribution in [3.05, 3.63) is 31.4 Å². The molecule has 88 valence electrons. The second-order valence-electron chi connectivity index (χ2n) is 4.12. The van der Waals surface area contributed by atoms with E-state index in [0.717, 1.165) is 23.5 Å². The van der Waals surface area contributed by atoms with Crippen LogP contribution in [0.2, 0.25) is 0 Å². The van der Waals surface area contributed by atoms with E-state index in [0.29, 0.717) is 0 Å². The largest absolute Gasteiger partial charge is 0.312 e. The van der Waals surface area contributed by atoms with Gasteiger partial charge in [0, 0.05) is 15.9 Å². The number of allylic oxidation sites excluding steroid dienone is 2. The molecule has 0 saturated heterocycles. The van der Waals surface area contributed by atoms with E-state index in [-0.39, 0.29) is 0 Å². The van der Waals surface area contributed by atoms with Crippen molar-refractivity contribution in [1.82, 2.24) is 5.32 Å². The van der Waals surface area contributed by atoms with Crippen LogP contribution in [-0.4, -0.2) is 6.54 Å². The Bertz CT molecular complexity index is 354. The van der Waals surface area contributed by atoms with Crippen LogP contribution in [0.25, 0.3) is 0 Å². The SMILES string of the molecule is Brc1cc(CNCC2CC=CCC2)sc1Br. The topological polar surface area (TPSA) is 12.0 Å². The Morgan fingerprint density at radius 2 is 2.25 bits per heavy atom. The van der Waals surface area contributed by atoms with Crippen molar-refractivity contribution < 1.29 is 0 Å². The van der Waals surface area contributed by atoms with Gasteiger partial charge in [-0.1, -0.05) is 12.2 Å². The standard InChI is InChI=1S/C12H15Br2NS/c13-11-6-10(16-12(11)14)8-15-7-9-4-2-1-3-5-9/h1-2,6,9,15H,3-5,7-8H2. The van der Waals surface area contributed by atoms with E-state index in [1.807, 2.05) is 0 Å². The quantitative estimate of drug-likeness (QED) is 0.762. The highest BCUT2D eigenvalue weighted by Gasteiger charge is 2.09. The third-order valence-corrected chi connectivity index (χ3v) is 6.06. The van der Waals surface area contributed by atoms with E-state index in [1.165, 1.54) is 27.9 Å². The molecule has 4 heteroatoms. The summed E-state index contributed by atoms with van der Waals surface area (Å²) in [5.74, 6) is 0.830. The van der Waals surface area contributed by atoms with E-state index >= 15 is 0 Å². The zero-order valence-corrected chi connectivity index (χ0v) is 13.0. The van der Waals surface area contributed by atoms with Crippen molar-refractivity contribution in [2.45, 2.75) is 25.8 Å². The zero-order valence-electron chi connectivity index (χ0n) is 9.01. The Balaban J connectivity index is 1.73. The summed E-state index contributed by atoms with van der Waals surface area (Å²) in [6, 6.07) is 2.18. The predicted octanol–water partition coefficient (Wildman–Crippen LogP) is 4.72. The molecule has 1 aromatic rings. The lowest BCUT2D eigenvalue weighted by atomic mass is 9.94. The van der Waals surface area contributed by atoms with Crippen LogP contribution in [0, 0.1) is 5.92 Å². The fraction of sp³-hybridized carbons (Fsp3) is 0.500. The van der Waals surface area contributed by atoms with Gasteiger partial charge in [-0.25, -0.2) is 0 Å². The summed E-state index contributed by atoms with van der Waals surface area (Å²) in [6.45, 7) is 2.12. The molecule has 0 fully saturated rings. The van der Waals surface area contributed by atoms with Crippen molar-refractivity contribution in [3.8, 4) is 0 Å². The number of thiophene rings is 1. The Morgan fingerprint density at radius 1 is 1.38 bits per heavy atom. The number of halogens is 2. The molecule has 1 unspecified atom stereocenters. The van der Waals surface area contributed by atoms with Crippen LogP contribution in [0.1, 0.15) is 24.1 Å². The van der Waals surface area contributed by atoms with Crippen LogP contribution in [0.5, 0.6) is 0 Å². The average molecular weight is 365 g/mol. The van der Waals surface area contributed by atoms with Gasteiger partial charge in [-0.2, -0.15) is 0 Å². The lowest BCUT2D eigenvalue weighted by molar-refractivity contribution is 0.441. The van der Waals surface area contributed by atoms with Gasteiger partial charge in [0.2, 0.25) is 0 Å². The molecule has 0 amide bonds. The fourth-order valence-electron chi connectivity index (χ4n) is 1.92. The van der Waals surface area contributed by atoms with Gasteiger partial charge in [0.05, 0.1) is 3.79 Å². The van der Waals surface area contributed by atoms with Gasteiger partial charge in [-0.15, -0.1) is 11.3 Å². The highest BCUT2D eigenvalue weighted by Crippen LogP contribution is 2.32. The van der Waals surface area contributed by atoms with Crippen LogP contribution in [-0.2, 0) is 6.54 Å². The third-order valence-electron chi connectivity index (χ3n) is 2.81. The van der Waals surface area contributed by atoms with Crippen molar-refractivity contribution in [2.24, 2.45) is 5.92 Å². The Hall–Kier alpha value is 0.360. The van der Waals surface area contributed by atoms with E-state index in [4.69, 9.17) is 0 Å². The second kappa shape index (κ2) is 6.34. The van der Waals surface area contributed by atoms with Crippen molar-refractivity contribution >= 4 is 43.2 Å². The Morgan fingerprint density at radius 3 is 2.88 bits per heavy atom. The minimum Gasteiger partial charge on any atom is -0.312 e. The van der Waals surface area contributed by atoms with E-state index < -0.39 is 0 Å². The highest BCUT2D eigenvalue weighted by molar-refractivity contribution is 9.13. The maximum atomic E-state index is 3.55. The average Bonchev–Trinajstić information content (AvgIpc) is 2.60. The second-order valence-corrected chi connectivity index (χ2v) is 7.42. The van der Waals surface area contributed by atoms with Crippen LogP contribution in [0.15, 0.2) is 26.5 Å². The van der Waals surface area contributed by atoms with Gasteiger partial charge in [0.1, 0.15) is 0 Å². The minimum atomic E-state index is 0.830. The van der Waals surface area contributed by atoms with E-state index in [9.17, 15) is 0 Å². The molecule has 1 aromatic heterocycles. The number of rotatable bonds is 4. The van der Waals surface area contributed by atoms with Gasteiger partial charge in [-0.05, 0) is 69.7 Å². The van der Waals surface area contributed by atoms with Gasteiger partial charge >= 0.3 is 0 Å². The van der Waals surface area contributed by atoms with Gasteiger partial charge < -0.3 is 5.32 Å². The highest BCUT2D eigenvalue weighted by atomic mass is 79.9. The molecule has 1 heterocycles. The molecular weight excluding hydrogens is 350 g/mol. The number of nitrogens with one attached hydrogen (secondary N) is 1. The van der Waals surface area contributed by atoms with Crippen molar-refractivity contribution in [2.75, 3.05) is 6.54 Å². The lowest BCUT2D eigenvalue weighted by Crippen LogP contribution is -2.22. The summed E-state index contributed by atoms with van der Waals surface area (Å²) >= 11 is 8.82. The normalized spacial score (nSPS) is 20.2. The van der Waals surface area contributed by atoms with E-state index in [2.05, 4.69) is 55.4 Å². The summed E-state index contributed by atoms with van der Waals surface area (Å²) in [5, 5.41) is 3.55. The smallest absolute Gasteiger partial charge is 0.0843 e. The maximum Gasteiger partial charge on any atom is 0.0843 e. The Labute approximate surface area is 118 Å². The summed E-state index contributed by atoms with van der Waals surface area (Å²) in [7, 11) is 0. The van der Waals surface area contributed by atoms with Crippen LogP contribution in [0.4, 0.5) is 0 Å². The first-order chi connectivity index (χ1) is 7.75. The molecule has 0 radical (unpaired) electrons. The lowest BCUT2D eigenvalue weighted by Gasteiger charge is -2.17. The first kappa shape index (κ1) is 12.8. The molecule has 1 aliphatic carbocycles. The zero-order chi connectivity index (χ0) is 11.4. The molecule has 0 bridgehead atoms. The van der Waals surface area contributed by atoms with Gasteiger partial charge in [-0.3, -0.25) is 0 Å². The number of hydrogen-bond donors (Lipinski definition) is 1. The van der Waals surface area contributed by atoms with Crippen molar-refractivity contribution in [3.63, 3.8) is 0 Å². The first-order valence-electron chi connectivity index (χ1n) is 5.55. The molecule has 16 heavy (non-hydrogen) atoms. The van der Waals surface area contributed by atoms with Crippen molar-refractivity contribution in [1.29, 1.82) is 0 Å². The molecule has 1 nitrogen and oxygen atoms in total. The Kier molecular flexibility index (Phi) is 5.07. The summed E-state index contributed by atoms with van der Waals surface area (Å²) in [6.07, 6.45) is 8.44. The molecule has 2 rings (SSSR count). The molecule has 1 N–H and O–H groups in total. The third kappa shape index (κ3) is 3.69. The van der Waals surface area contributed by atoms with E-state index in [1.54, 1.807) is 11.3 Å². The maximum absolute atomic E-state index is 3.55. The van der Waals surface area contributed by atoms with Crippen LogP contribution >= 0.6 is 43.2 Å². The number of hydrogen-bond acceptors (Lipinski definition) is 2. The molecule has 0 aromatic carbocycles. The monoisotopic (exact) mass is 363 g/mol. The molecular formula is C12H15Br2NS.